The summed E-state index contributed by atoms with van der Waals surface area (Å²) in [6, 6.07) is 0.404. The van der Waals surface area contributed by atoms with E-state index in [4.69, 9.17) is 0 Å². The monoisotopic (exact) mass is 319 g/mol. The van der Waals surface area contributed by atoms with Crippen molar-refractivity contribution in [1.29, 1.82) is 0 Å². The van der Waals surface area contributed by atoms with Gasteiger partial charge in [-0.15, -0.1) is 5.10 Å². The normalized spacial score (nSPS) is 20.1. The Bertz CT molecular complexity index is 502. The molecule has 0 saturated carbocycles. The molecule has 124 valence electrons. The van der Waals surface area contributed by atoms with Crippen LogP contribution in [0.5, 0.6) is 0 Å². The van der Waals surface area contributed by atoms with Crippen LogP contribution in [0.4, 0.5) is 13.2 Å². The van der Waals surface area contributed by atoms with Gasteiger partial charge in [0, 0.05) is 12.5 Å². The van der Waals surface area contributed by atoms with Gasteiger partial charge in [-0.2, -0.15) is 13.2 Å². The van der Waals surface area contributed by atoms with Crippen LogP contribution in [-0.2, 0) is 17.5 Å². The lowest BCUT2D eigenvalue weighted by atomic mass is 9.98. The van der Waals surface area contributed by atoms with Crippen molar-refractivity contribution in [2.75, 3.05) is 13.6 Å². The van der Waals surface area contributed by atoms with E-state index in [1.807, 2.05) is 0 Å². The van der Waals surface area contributed by atoms with E-state index in [1.165, 1.54) is 12.8 Å². The van der Waals surface area contributed by atoms with Gasteiger partial charge in [0.05, 0.1) is 6.54 Å². The number of alkyl halides is 3. The Morgan fingerprint density at radius 1 is 1.45 bits per heavy atom. The van der Waals surface area contributed by atoms with E-state index in [0.717, 1.165) is 19.4 Å². The third kappa shape index (κ3) is 4.69. The molecule has 9 heteroatoms. The zero-order valence-corrected chi connectivity index (χ0v) is 12.4. The number of hydrogen-bond donors (Lipinski definition) is 2. The molecule has 1 saturated heterocycles. The number of aromatic amines is 1. The number of hydrogen-bond acceptors (Lipinski definition) is 4. The number of aromatic nitrogens is 3. The number of likely N-dealkylation sites (tertiary alicyclic amines) is 1. The lowest BCUT2D eigenvalue weighted by molar-refractivity contribution is -0.144. The predicted octanol–water partition coefficient (Wildman–Crippen LogP) is 1.70. The molecule has 2 heterocycles. The average molecular weight is 319 g/mol. The first-order chi connectivity index (χ1) is 10.4. The van der Waals surface area contributed by atoms with Gasteiger partial charge in [0.1, 0.15) is 5.82 Å². The highest BCUT2D eigenvalue weighted by Gasteiger charge is 2.36. The minimum Gasteiger partial charge on any atom is -0.349 e. The number of rotatable bonds is 5. The minimum absolute atomic E-state index is 0.00420. The van der Waals surface area contributed by atoms with Crippen LogP contribution >= 0.6 is 0 Å². The van der Waals surface area contributed by atoms with E-state index >= 15 is 0 Å². The molecule has 0 spiro atoms. The number of halogens is 3. The number of nitrogens with zero attached hydrogens (tertiary/aromatic N) is 3. The molecule has 1 aliphatic rings. The van der Waals surface area contributed by atoms with Crippen LogP contribution in [0.25, 0.3) is 0 Å². The number of nitrogens with one attached hydrogen (secondary N) is 2. The van der Waals surface area contributed by atoms with Gasteiger partial charge in [0.15, 0.2) is 0 Å². The van der Waals surface area contributed by atoms with Gasteiger partial charge in [-0.1, -0.05) is 6.42 Å². The maximum atomic E-state index is 12.3. The van der Waals surface area contributed by atoms with E-state index in [9.17, 15) is 18.0 Å². The van der Waals surface area contributed by atoms with Crippen LogP contribution in [0.3, 0.4) is 0 Å². The molecule has 0 unspecified atom stereocenters. The van der Waals surface area contributed by atoms with Gasteiger partial charge in [-0.05, 0) is 32.9 Å². The Hall–Kier alpha value is -1.64. The summed E-state index contributed by atoms with van der Waals surface area (Å²) in [6.07, 6.45) is -0.0197. The lowest BCUT2D eigenvalue weighted by Gasteiger charge is -2.32. The number of carbonyl (C=O) groups excluding carboxylic acids is 1. The van der Waals surface area contributed by atoms with Crippen molar-refractivity contribution < 1.29 is 18.0 Å². The van der Waals surface area contributed by atoms with Crippen LogP contribution in [-0.4, -0.2) is 45.6 Å². The van der Waals surface area contributed by atoms with E-state index < -0.39 is 12.0 Å². The second-order valence-electron chi connectivity index (χ2n) is 5.55. The fourth-order valence-electron chi connectivity index (χ4n) is 2.58. The van der Waals surface area contributed by atoms with Crippen molar-refractivity contribution in [3.05, 3.63) is 11.6 Å². The van der Waals surface area contributed by atoms with Crippen LogP contribution in [0.2, 0.25) is 0 Å². The molecule has 1 aliphatic heterocycles. The zero-order chi connectivity index (χ0) is 16.2. The molecular weight excluding hydrogens is 299 g/mol. The Morgan fingerprint density at radius 3 is 2.86 bits per heavy atom. The molecule has 6 nitrogen and oxygen atoms in total. The van der Waals surface area contributed by atoms with Crippen molar-refractivity contribution >= 4 is 5.91 Å². The minimum atomic E-state index is -4.58. The Kier molecular flexibility index (Phi) is 5.38. The maximum absolute atomic E-state index is 12.3. The molecule has 1 aromatic heterocycles. The smallest absolute Gasteiger partial charge is 0.349 e. The first kappa shape index (κ1) is 16.7. The molecule has 22 heavy (non-hydrogen) atoms. The summed E-state index contributed by atoms with van der Waals surface area (Å²) in [5, 5.41) is 7.81. The summed E-state index contributed by atoms with van der Waals surface area (Å²) in [5.74, 6) is -1.42. The third-order valence-corrected chi connectivity index (χ3v) is 3.86. The van der Waals surface area contributed by atoms with Gasteiger partial charge in [-0.3, -0.25) is 9.89 Å². The highest BCUT2D eigenvalue weighted by atomic mass is 19.4. The molecule has 2 rings (SSSR count). The molecule has 1 amide bonds. The summed E-state index contributed by atoms with van der Waals surface area (Å²) >= 11 is 0. The molecule has 1 fully saturated rings. The SMILES string of the molecule is CN1CCCC[C@H]1CCC(=O)NCc1nc(C(F)(F)F)n[nH]1. The Balaban J connectivity index is 1.72. The van der Waals surface area contributed by atoms with Crippen LogP contribution in [0.15, 0.2) is 0 Å². The summed E-state index contributed by atoms with van der Waals surface area (Å²) in [7, 11) is 2.05. The van der Waals surface area contributed by atoms with Crippen molar-refractivity contribution in [2.45, 2.75) is 50.9 Å². The Labute approximate surface area is 126 Å². The van der Waals surface area contributed by atoms with Gasteiger partial charge in [0.25, 0.3) is 5.82 Å². The van der Waals surface area contributed by atoms with Crippen molar-refractivity contribution in [2.24, 2.45) is 0 Å². The topological polar surface area (TPSA) is 73.9 Å². The first-order valence-electron chi connectivity index (χ1n) is 7.31. The van der Waals surface area contributed by atoms with E-state index in [2.05, 4.69) is 32.4 Å². The van der Waals surface area contributed by atoms with Gasteiger partial charge in [-0.25, -0.2) is 4.98 Å². The quantitative estimate of drug-likeness (QED) is 0.866. The fourth-order valence-corrected chi connectivity index (χ4v) is 2.58. The maximum Gasteiger partial charge on any atom is 0.453 e. The van der Waals surface area contributed by atoms with Crippen molar-refractivity contribution in [3.63, 3.8) is 0 Å². The summed E-state index contributed by atoms with van der Waals surface area (Å²) in [6.45, 7) is 0.965. The highest BCUT2D eigenvalue weighted by molar-refractivity contribution is 5.75. The largest absolute Gasteiger partial charge is 0.453 e. The second-order valence-corrected chi connectivity index (χ2v) is 5.55. The van der Waals surface area contributed by atoms with Gasteiger partial charge >= 0.3 is 6.18 Å². The number of carbonyl (C=O) groups is 1. The van der Waals surface area contributed by atoms with Crippen LogP contribution in [0, 0.1) is 0 Å². The molecular formula is C13H20F3N5O. The number of piperidine rings is 1. The molecule has 1 atom stereocenters. The lowest BCUT2D eigenvalue weighted by Crippen LogP contribution is -2.37. The van der Waals surface area contributed by atoms with Crippen LogP contribution in [0.1, 0.15) is 43.8 Å². The van der Waals surface area contributed by atoms with E-state index in [-0.39, 0.29) is 18.3 Å². The van der Waals surface area contributed by atoms with Gasteiger partial charge in [0.2, 0.25) is 5.91 Å². The summed E-state index contributed by atoms with van der Waals surface area (Å²) in [4.78, 5) is 17.3. The van der Waals surface area contributed by atoms with E-state index in [0.29, 0.717) is 12.5 Å². The standard InChI is InChI=1S/C13H20F3N5O/c1-21-7-3-2-4-9(21)5-6-11(22)17-8-10-18-12(20-19-10)13(14,15)16/h9H,2-8H2,1H3,(H,17,22)(H,18,19,20)/t9-/m0/s1. The molecule has 0 aromatic carbocycles. The predicted molar refractivity (Wildman–Crippen MR) is 72.7 cm³/mol. The summed E-state index contributed by atoms with van der Waals surface area (Å²) < 4.78 is 37.0. The molecule has 2 N–H and O–H groups in total. The average Bonchev–Trinajstić information content (AvgIpc) is 2.93. The van der Waals surface area contributed by atoms with E-state index in [1.54, 1.807) is 0 Å². The highest BCUT2D eigenvalue weighted by Crippen LogP contribution is 2.25. The van der Waals surface area contributed by atoms with Crippen molar-refractivity contribution in [3.8, 4) is 0 Å². The molecule has 0 radical (unpaired) electrons. The second kappa shape index (κ2) is 7.08. The number of H-pyrrole nitrogens is 1. The zero-order valence-electron chi connectivity index (χ0n) is 12.4. The number of amides is 1. The summed E-state index contributed by atoms with van der Waals surface area (Å²) in [5.41, 5.74) is 0. The fraction of sp³-hybridized carbons (Fsp3) is 0.769. The molecule has 0 aliphatic carbocycles. The third-order valence-electron chi connectivity index (χ3n) is 3.86. The molecule has 1 aromatic rings. The first-order valence-corrected chi connectivity index (χ1v) is 7.31. The van der Waals surface area contributed by atoms with Crippen molar-refractivity contribution in [1.82, 2.24) is 25.4 Å². The van der Waals surface area contributed by atoms with Crippen LogP contribution < -0.4 is 5.32 Å². The molecule has 0 bridgehead atoms. The van der Waals surface area contributed by atoms with Gasteiger partial charge < -0.3 is 10.2 Å². The Morgan fingerprint density at radius 2 is 2.23 bits per heavy atom.